The summed E-state index contributed by atoms with van der Waals surface area (Å²) < 4.78 is 0. The van der Waals surface area contributed by atoms with Gasteiger partial charge in [0.2, 0.25) is 0 Å². The summed E-state index contributed by atoms with van der Waals surface area (Å²) in [6, 6.07) is 0.359. The van der Waals surface area contributed by atoms with Gasteiger partial charge >= 0.3 is 0 Å². The van der Waals surface area contributed by atoms with Crippen LogP contribution >= 0.6 is 0 Å². The van der Waals surface area contributed by atoms with Crippen LogP contribution in [-0.4, -0.2) is 30.0 Å². The molecule has 0 saturated carbocycles. The average Bonchev–Trinajstić information content (AvgIpc) is 2.38. The van der Waals surface area contributed by atoms with Crippen molar-refractivity contribution in [2.75, 3.05) is 13.1 Å². The van der Waals surface area contributed by atoms with E-state index >= 15 is 0 Å². The second kappa shape index (κ2) is 6.93. The highest BCUT2D eigenvalue weighted by molar-refractivity contribution is 5.71. The molecule has 0 spiro atoms. The minimum atomic E-state index is -0.922. The van der Waals surface area contributed by atoms with Crippen molar-refractivity contribution >= 4 is 5.97 Å². The molecule has 0 aromatic heterocycles. The molecule has 1 heterocycles. The van der Waals surface area contributed by atoms with E-state index in [2.05, 4.69) is 25.7 Å². The van der Waals surface area contributed by atoms with E-state index in [0.29, 0.717) is 12.5 Å². The lowest BCUT2D eigenvalue weighted by Crippen LogP contribution is -2.47. The molecule has 1 fully saturated rings. The van der Waals surface area contributed by atoms with Gasteiger partial charge in [0.25, 0.3) is 0 Å². The number of nitrogens with zero attached hydrogens (tertiary/aromatic N) is 1. The number of hydrogen-bond donors (Lipinski definition) is 0. The summed E-state index contributed by atoms with van der Waals surface area (Å²) in [5.41, 5.74) is -0.476. The highest BCUT2D eigenvalue weighted by atomic mass is 16.4. The van der Waals surface area contributed by atoms with Crippen molar-refractivity contribution in [3.05, 3.63) is 0 Å². The first-order valence-electron chi connectivity index (χ1n) is 8.13. The van der Waals surface area contributed by atoms with Gasteiger partial charge in [0.15, 0.2) is 0 Å². The number of carbonyl (C=O) groups excluding carboxylic acids is 1. The van der Waals surface area contributed by atoms with Crippen LogP contribution in [0.4, 0.5) is 0 Å². The molecule has 0 bridgehead atoms. The van der Waals surface area contributed by atoms with Crippen molar-refractivity contribution in [2.45, 2.75) is 79.2 Å². The Hall–Kier alpha value is -0.570. The van der Waals surface area contributed by atoms with Crippen molar-refractivity contribution in [3.8, 4) is 0 Å². The van der Waals surface area contributed by atoms with Gasteiger partial charge in [-0.1, -0.05) is 47.5 Å². The van der Waals surface area contributed by atoms with E-state index in [1.165, 1.54) is 19.3 Å². The van der Waals surface area contributed by atoms with E-state index in [4.69, 9.17) is 0 Å². The molecule has 1 aliphatic rings. The van der Waals surface area contributed by atoms with E-state index in [1.807, 2.05) is 0 Å². The first-order valence-corrected chi connectivity index (χ1v) is 8.13. The first-order chi connectivity index (χ1) is 9.18. The fourth-order valence-electron chi connectivity index (χ4n) is 3.07. The largest absolute Gasteiger partial charge is 0.550 e. The van der Waals surface area contributed by atoms with Crippen molar-refractivity contribution in [1.82, 2.24) is 4.90 Å². The molecular formula is C17H32NO2-. The summed E-state index contributed by atoms with van der Waals surface area (Å²) in [5.74, 6) is -0.922. The van der Waals surface area contributed by atoms with Crippen LogP contribution < -0.4 is 5.11 Å². The molecule has 0 N–H and O–H groups in total. The van der Waals surface area contributed by atoms with Crippen LogP contribution in [0.3, 0.4) is 0 Å². The molecule has 1 saturated heterocycles. The Morgan fingerprint density at radius 3 is 2.10 bits per heavy atom. The minimum absolute atomic E-state index is 0.268. The Kier molecular flexibility index (Phi) is 6.06. The van der Waals surface area contributed by atoms with Crippen LogP contribution in [0.1, 0.15) is 73.1 Å². The van der Waals surface area contributed by atoms with Gasteiger partial charge in [0, 0.05) is 17.4 Å². The van der Waals surface area contributed by atoms with Gasteiger partial charge in [-0.25, -0.2) is 0 Å². The summed E-state index contributed by atoms with van der Waals surface area (Å²) >= 11 is 0. The van der Waals surface area contributed by atoms with E-state index in [0.717, 1.165) is 25.9 Å². The molecular weight excluding hydrogens is 250 g/mol. The molecule has 20 heavy (non-hydrogen) atoms. The highest BCUT2D eigenvalue weighted by Gasteiger charge is 2.32. The van der Waals surface area contributed by atoms with Crippen molar-refractivity contribution in [1.29, 1.82) is 0 Å². The van der Waals surface area contributed by atoms with Crippen LogP contribution in [0.5, 0.6) is 0 Å². The average molecular weight is 282 g/mol. The molecule has 1 atom stereocenters. The molecule has 1 unspecified atom stereocenters. The highest BCUT2D eigenvalue weighted by Crippen LogP contribution is 2.35. The smallest absolute Gasteiger partial charge is 0.0471 e. The van der Waals surface area contributed by atoms with E-state index < -0.39 is 11.4 Å². The predicted molar refractivity (Wildman–Crippen MR) is 81.3 cm³/mol. The Morgan fingerprint density at radius 1 is 1.10 bits per heavy atom. The Morgan fingerprint density at radius 2 is 1.65 bits per heavy atom. The van der Waals surface area contributed by atoms with Crippen LogP contribution in [0.15, 0.2) is 0 Å². The van der Waals surface area contributed by atoms with Gasteiger partial charge in [0.1, 0.15) is 0 Å². The normalized spacial score (nSPS) is 19.9. The minimum Gasteiger partial charge on any atom is -0.550 e. The lowest BCUT2D eigenvalue weighted by atomic mass is 9.76. The zero-order valence-corrected chi connectivity index (χ0v) is 14.0. The van der Waals surface area contributed by atoms with Gasteiger partial charge in [0.05, 0.1) is 0 Å². The lowest BCUT2D eigenvalue weighted by Gasteiger charge is -2.42. The molecule has 0 radical (unpaired) electrons. The number of carbonyl (C=O) groups is 1. The zero-order chi connectivity index (χ0) is 15.4. The third-order valence-corrected chi connectivity index (χ3v) is 4.95. The summed E-state index contributed by atoms with van der Waals surface area (Å²) in [6.45, 7) is 12.6. The third-order valence-electron chi connectivity index (χ3n) is 4.95. The zero-order valence-electron chi connectivity index (χ0n) is 14.0. The number of carboxylic acid groups (broad SMARTS) is 1. The maximum Gasteiger partial charge on any atom is 0.0471 e. The quantitative estimate of drug-likeness (QED) is 0.721. The maximum absolute atomic E-state index is 11.3. The topological polar surface area (TPSA) is 43.4 Å². The van der Waals surface area contributed by atoms with Crippen LogP contribution in [0.25, 0.3) is 0 Å². The lowest BCUT2D eigenvalue weighted by molar-refractivity contribution is -0.318. The predicted octanol–water partition coefficient (Wildman–Crippen LogP) is 2.83. The first kappa shape index (κ1) is 17.5. The Bertz CT molecular complexity index is 317. The summed E-state index contributed by atoms with van der Waals surface area (Å²) in [7, 11) is 0. The van der Waals surface area contributed by atoms with Crippen LogP contribution in [0.2, 0.25) is 0 Å². The van der Waals surface area contributed by atoms with Gasteiger partial charge in [-0.05, 0) is 44.2 Å². The molecule has 1 aliphatic heterocycles. The molecule has 0 amide bonds. The molecule has 3 nitrogen and oxygen atoms in total. The van der Waals surface area contributed by atoms with Crippen molar-refractivity contribution in [2.24, 2.45) is 10.8 Å². The molecule has 3 heteroatoms. The standard InChI is InChI=1S/C17H33NO2/c1-6-16(2,3)12-14(13-17(4,5)15(19)20)18-10-8-7-9-11-18/h14H,6-13H2,1-5H3,(H,19,20)/p-1. The molecule has 118 valence electrons. The summed E-state index contributed by atoms with van der Waals surface area (Å²) in [5, 5.41) is 11.3. The second-order valence-corrected chi connectivity index (χ2v) is 7.85. The summed E-state index contributed by atoms with van der Waals surface area (Å²) in [6.07, 6.45) is 6.69. The van der Waals surface area contributed by atoms with E-state index in [9.17, 15) is 9.90 Å². The van der Waals surface area contributed by atoms with Crippen molar-refractivity contribution in [3.63, 3.8) is 0 Å². The molecule has 0 aromatic rings. The SMILES string of the molecule is CCC(C)(C)CC(CC(C)(C)C(=O)[O-])N1CCCCC1. The number of carboxylic acids is 1. The number of aliphatic carboxylic acids is 1. The number of rotatable bonds is 7. The Labute approximate surface area is 124 Å². The fourth-order valence-corrected chi connectivity index (χ4v) is 3.07. The van der Waals surface area contributed by atoms with Crippen molar-refractivity contribution < 1.29 is 9.90 Å². The molecule has 1 rings (SSSR count). The van der Waals surface area contributed by atoms with Gasteiger partial charge in [-0.3, -0.25) is 0 Å². The summed E-state index contributed by atoms with van der Waals surface area (Å²) in [4.78, 5) is 13.9. The number of likely N-dealkylation sites (tertiary alicyclic amines) is 1. The molecule has 0 aromatic carbocycles. The van der Waals surface area contributed by atoms with Crippen LogP contribution in [0, 0.1) is 10.8 Å². The Balaban J connectivity index is 2.80. The second-order valence-electron chi connectivity index (χ2n) is 7.85. The number of hydrogen-bond acceptors (Lipinski definition) is 3. The van der Waals surface area contributed by atoms with Gasteiger partial charge in [-0.2, -0.15) is 0 Å². The molecule has 0 aliphatic carbocycles. The van der Waals surface area contributed by atoms with E-state index in [1.54, 1.807) is 13.8 Å². The van der Waals surface area contributed by atoms with Gasteiger partial charge < -0.3 is 14.8 Å². The van der Waals surface area contributed by atoms with Gasteiger partial charge in [-0.15, -0.1) is 0 Å². The fraction of sp³-hybridized carbons (Fsp3) is 0.941. The third kappa shape index (κ3) is 5.08. The number of piperidine rings is 1. The monoisotopic (exact) mass is 282 g/mol. The maximum atomic E-state index is 11.3. The van der Waals surface area contributed by atoms with E-state index in [-0.39, 0.29) is 5.41 Å². The van der Waals surface area contributed by atoms with Crippen LogP contribution in [-0.2, 0) is 4.79 Å².